The fourth-order valence-corrected chi connectivity index (χ4v) is 3.41. The number of aromatic nitrogens is 3. The lowest BCUT2D eigenvalue weighted by Crippen LogP contribution is -2.15. The van der Waals surface area contributed by atoms with Gasteiger partial charge in [-0.3, -0.25) is 4.79 Å². The van der Waals surface area contributed by atoms with Crippen molar-refractivity contribution >= 4 is 17.7 Å². The minimum atomic E-state index is -0.320. The number of benzene rings is 1. The number of nitrogens with zero attached hydrogens (tertiary/aromatic N) is 3. The van der Waals surface area contributed by atoms with Gasteiger partial charge in [0.1, 0.15) is 11.6 Å². The Balaban J connectivity index is 2.14. The molecule has 7 heteroatoms. The van der Waals surface area contributed by atoms with E-state index in [9.17, 15) is 4.79 Å². The molecule has 0 aliphatic rings. The predicted octanol–water partition coefficient (Wildman–Crippen LogP) is 3.04. The van der Waals surface area contributed by atoms with Crippen LogP contribution < -0.4 is 10.5 Å². The quantitative estimate of drug-likeness (QED) is 0.657. The molecular formula is C18H26N4O2S. The molecule has 0 radical (unpaired) electrons. The van der Waals surface area contributed by atoms with E-state index in [-0.39, 0.29) is 12.3 Å². The molecule has 136 valence electrons. The number of para-hydroxylation sites is 1. The number of carbonyl (C=O) groups excluding carboxylic acids is 1. The number of aryl methyl sites for hydroxylation is 1. The van der Waals surface area contributed by atoms with Crippen LogP contribution in [0.15, 0.2) is 29.4 Å². The summed E-state index contributed by atoms with van der Waals surface area (Å²) in [6.07, 6.45) is 0.805. The number of thioether (sulfide) groups is 1. The molecule has 0 fully saturated rings. The first-order valence-electron chi connectivity index (χ1n) is 8.55. The van der Waals surface area contributed by atoms with Crippen LogP contribution in [0.5, 0.6) is 5.75 Å². The third kappa shape index (κ3) is 5.77. The second kappa shape index (κ2) is 9.46. The Morgan fingerprint density at radius 1 is 1.32 bits per heavy atom. The smallest absolute Gasteiger partial charge is 0.217 e. The first kappa shape index (κ1) is 19.3. The topological polar surface area (TPSA) is 83.0 Å². The van der Waals surface area contributed by atoms with Crippen LogP contribution in [-0.2, 0) is 23.5 Å². The summed E-state index contributed by atoms with van der Waals surface area (Å²) >= 11 is 1.63. The molecule has 2 N–H and O–H groups in total. The minimum Gasteiger partial charge on any atom is -0.494 e. The lowest BCUT2D eigenvalue weighted by molar-refractivity contribution is -0.118. The van der Waals surface area contributed by atoms with Gasteiger partial charge >= 0.3 is 0 Å². The molecule has 1 amide bonds. The second-order valence-corrected chi connectivity index (χ2v) is 7.14. The van der Waals surface area contributed by atoms with Gasteiger partial charge in [0, 0.05) is 30.7 Å². The second-order valence-electron chi connectivity index (χ2n) is 6.20. The Labute approximate surface area is 153 Å². The van der Waals surface area contributed by atoms with Crippen LogP contribution in [0.25, 0.3) is 0 Å². The van der Waals surface area contributed by atoms with E-state index in [0.717, 1.165) is 34.6 Å². The van der Waals surface area contributed by atoms with Gasteiger partial charge in [0.25, 0.3) is 0 Å². The summed E-state index contributed by atoms with van der Waals surface area (Å²) in [5.74, 6) is 2.61. The van der Waals surface area contributed by atoms with Crippen LogP contribution in [0, 0.1) is 5.92 Å². The van der Waals surface area contributed by atoms with Crippen molar-refractivity contribution in [1.29, 1.82) is 0 Å². The maximum Gasteiger partial charge on any atom is 0.217 e. The van der Waals surface area contributed by atoms with Gasteiger partial charge < -0.3 is 15.0 Å². The summed E-state index contributed by atoms with van der Waals surface area (Å²) in [5.41, 5.74) is 6.39. The van der Waals surface area contributed by atoms with E-state index in [1.54, 1.807) is 11.8 Å². The molecule has 2 aromatic rings. The van der Waals surface area contributed by atoms with Crippen molar-refractivity contribution in [2.24, 2.45) is 11.7 Å². The first-order chi connectivity index (χ1) is 12.0. The van der Waals surface area contributed by atoms with Crippen LogP contribution in [0.4, 0.5) is 0 Å². The van der Waals surface area contributed by atoms with Crippen molar-refractivity contribution in [3.8, 4) is 5.75 Å². The van der Waals surface area contributed by atoms with E-state index in [4.69, 9.17) is 10.5 Å². The number of nitrogens with two attached hydrogens (primary N) is 1. The van der Waals surface area contributed by atoms with Crippen molar-refractivity contribution in [2.45, 2.75) is 51.1 Å². The Hall–Kier alpha value is -2.02. The van der Waals surface area contributed by atoms with Crippen molar-refractivity contribution in [3.63, 3.8) is 0 Å². The SMILES string of the molecule is CCOc1ccccc1CSc1nnc(CCC(N)=O)n1CC(C)C. The third-order valence-corrected chi connectivity index (χ3v) is 4.58. The molecule has 1 heterocycles. The molecule has 0 spiro atoms. The van der Waals surface area contributed by atoms with Crippen molar-refractivity contribution in [1.82, 2.24) is 14.8 Å². The zero-order chi connectivity index (χ0) is 18.2. The Morgan fingerprint density at radius 2 is 2.08 bits per heavy atom. The zero-order valence-corrected chi connectivity index (χ0v) is 15.9. The van der Waals surface area contributed by atoms with Crippen LogP contribution >= 0.6 is 11.8 Å². The standard InChI is InChI=1S/C18H26N4O2S/c1-4-24-15-8-6-5-7-14(15)12-25-18-21-20-17(10-9-16(19)23)22(18)11-13(2)3/h5-8,13H,4,9-12H2,1-3H3,(H2,19,23). The number of hydrogen-bond donors (Lipinski definition) is 1. The summed E-state index contributed by atoms with van der Waals surface area (Å²) < 4.78 is 7.78. The highest BCUT2D eigenvalue weighted by atomic mass is 32.2. The number of carbonyl (C=O) groups is 1. The maximum absolute atomic E-state index is 11.1. The highest BCUT2D eigenvalue weighted by Gasteiger charge is 2.15. The van der Waals surface area contributed by atoms with Crippen molar-refractivity contribution in [3.05, 3.63) is 35.7 Å². The van der Waals surface area contributed by atoms with Gasteiger partial charge in [0.05, 0.1) is 6.61 Å². The average Bonchev–Trinajstić information content (AvgIpc) is 2.93. The van der Waals surface area contributed by atoms with E-state index >= 15 is 0 Å². The first-order valence-corrected chi connectivity index (χ1v) is 9.53. The summed E-state index contributed by atoms with van der Waals surface area (Å²) in [5, 5.41) is 9.45. The largest absolute Gasteiger partial charge is 0.494 e. The molecule has 0 saturated carbocycles. The molecule has 0 unspecified atom stereocenters. The van der Waals surface area contributed by atoms with Crippen molar-refractivity contribution in [2.75, 3.05) is 6.61 Å². The fraction of sp³-hybridized carbons (Fsp3) is 0.500. The average molecular weight is 362 g/mol. The summed E-state index contributed by atoms with van der Waals surface area (Å²) in [4.78, 5) is 11.1. The van der Waals surface area contributed by atoms with E-state index in [0.29, 0.717) is 18.9 Å². The minimum absolute atomic E-state index is 0.286. The van der Waals surface area contributed by atoms with E-state index in [1.807, 2.05) is 25.1 Å². The van der Waals surface area contributed by atoms with Crippen LogP contribution in [0.1, 0.15) is 38.6 Å². The van der Waals surface area contributed by atoms with Crippen LogP contribution in [0.2, 0.25) is 0 Å². The van der Waals surface area contributed by atoms with Gasteiger partial charge in [-0.05, 0) is 18.9 Å². The molecular weight excluding hydrogens is 336 g/mol. The molecule has 0 aliphatic carbocycles. The number of primary amides is 1. The number of ether oxygens (including phenoxy) is 1. The summed E-state index contributed by atoms with van der Waals surface area (Å²) in [7, 11) is 0. The summed E-state index contributed by atoms with van der Waals surface area (Å²) in [6, 6.07) is 8.03. The highest BCUT2D eigenvalue weighted by Crippen LogP contribution is 2.28. The predicted molar refractivity (Wildman–Crippen MR) is 99.5 cm³/mol. The molecule has 1 aromatic heterocycles. The van der Waals surface area contributed by atoms with E-state index in [2.05, 4.69) is 34.7 Å². The Kier molecular flexibility index (Phi) is 7.31. The normalized spacial score (nSPS) is 11.0. The fourth-order valence-electron chi connectivity index (χ4n) is 2.46. The zero-order valence-electron chi connectivity index (χ0n) is 15.1. The third-order valence-electron chi connectivity index (χ3n) is 3.57. The van der Waals surface area contributed by atoms with E-state index < -0.39 is 0 Å². The molecule has 0 saturated heterocycles. The van der Waals surface area contributed by atoms with Crippen LogP contribution in [-0.4, -0.2) is 27.3 Å². The monoisotopic (exact) mass is 362 g/mol. The number of amides is 1. The van der Waals surface area contributed by atoms with Gasteiger partial charge in [-0.1, -0.05) is 43.8 Å². The summed E-state index contributed by atoms with van der Waals surface area (Å²) in [6.45, 7) is 7.74. The number of rotatable bonds is 10. The lowest BCUT2D eigenvalue weighted by atomic mass is 10.2. The highest BCUT2D eigenvalue weighted by molar-refractivity contribution is 7.98. The molecule has 25 heavy (non-hydrogen) atoms. The van der Waals surface area contributed by atoms with Crippen molar-refractivity contribution < 1.29 is 9.53 Å². The van der Waals surface area contributed by atoms with Crippen LogP contribution in [0.3, 0.4) is 0 Å². The van der Waals surface area contributed by atoms with Gasteiger partial charge in [-0.15, -0.1) is 10.2 Å². The molecule has 0 aliphatic heterocycles. The molecule has 2 rings (SSSR count). The lowest BCUT2D eigenvalue weighted by Gasteiger charge is -2.13. The molecule has 0 atom stereocenters. The van der Waals surface area contributed by atoms with Gasteiger partial charge in [0.2, 0.25) is 5.91 Å². The maximum atomic E-state index is 11.1. The van der Waals surface area contributed by atoms with E-state index in [1.165, 1.54) is 0 Å². The number of hydrogen-bond acceptors (Lipinski definition) is 5. The van der Waals surface area contributed by atoms with Gasteiger partial charge in [-0.2, -0.15) is 0 Å². The Bertz CT molecular complexity index is 700. The van der Waals surface area contributed by atoms with Gasteiger partial charge in [-0.25, -0.2) is 0 Å². The molecule has 6 nitrogen and oxygen atoms in total. The molecule has 1 aromatic carbocycles. The van der Waals surface area contributed by atoms with Gasteiger partial charge in [0.15, 0.2) is 5.16 Å². The Morgan fingerprint density at radius 3 is 2.76 bits per heavy atom. The molecule has 0 bridgehead atoms.